The number of hydrogen-bond acceptors (Lipinski definition) is 4. The molecule has 0 saturated carbocycles. The molecule has 0 bridgehead atoms. The second-order valence-electron chi connectivity index (χ2n) is 8.44. The predicted octanol–water partition coefficient (Wildman–Crippen LogP) is 4.06. The van der Waals surface area contributed by atoms with Crippen molar-refractivity contribution in [2.45, 2.75) is 32.9 Å². The molecule has 0 aliphatic carbocycles. The highest BCUT2D eigenvalue weighted by molar-refractivity contribution is 6.05. The van der Waals surface area contributed by atoms with E-state index in [0.29, 0.717) is 31.0 Å². The Morgan fingerprint density at radius 2 is 1.87 bits per heavy atom. The molecule has 156 valence electrons. The van der Waals surface area contributed by atoms with E-state index in [1.807, 2.05) is 40.1 Å². The van der Waals surface area contributed by atoms with Gasteiger partial charge in [-0.25, -0.2) is 4.39 Å². The van der Waals surface area contributed by atoms with Crippen LogP contribution < -0.4 is 0 Å². The van der Waals surface area contributed by atoms with Gasteiger partial charge in [-0.1, -0.05) is 0 Å². The van der Waals surface area contributed by atoms with Crippen molar-refractivity contribution >= 4 is 5.91 Å². The van der Waals surface area contributed by atoms with Crippen LogP contribution in [-0.2, 0) is 18.3 Å². The molecule has 0 N–H and O–H groups in total. The molecule has 3 aromatic rings. The zero-order valence-electron chi connectivity index (χ0n) is 17.6. The number of ether oxygens (including phenoxy) is 1. The summed E-state index contributed by atoms with van der Waals surface area (Å²) in [5.41, 5.74) is 4.21. The lowest BCUT2D eigenvalue weighted by Gasteiger charge is -2.22. The molecule has 0 radical (unpaired) electrons. The lowest BCUT2D eigenvalue weighted by atomic mass is 9.97. The summed E-state index contributed by atoms with van der Waals surface area (Å²) in [6.07, 6.45) is 3.60. The molecule has 0 spiro atoms. The van der Waals surface area contributed by atoms with Crippen LogP contribution in [0.25, 0.3) is 22.4 Å². The first-order valence-electron chi connectivity index (χ1n) is 9.94. The second-order valence-corrected chi connectivity index (χ2v) is 8.44. The SMILES string of the molecule is Cn1cc(-c2ccnc3c2C(=O)N(CCOC(C)(C)C)C3)c(-c2ccc(F)cc2)n1. The highest BCUT2D eigenvalue weighted by Crippen LogP contribution is 2.36. The van der Waals surface area contributed by atoms with Gasteiger partial charge >= 0.3 is 0 Å². The molecule has 1 aliphatic rings. The van der Waals surface area contributed by atoms with Gasteiger partial charge in [0, 0.05) is 42.7 Å². The minimum absolute atomic E-state index is 0.0560. The zero-order valence-corrected chi connectivity index (χ0v) is 17.6. The van der Waals surface area contributed by atoms with Gasteiger partial charge in [-0.15, -0.1) is 0 Å². The van der Waals surface area contributed by atoms with E-state index >= 15 is 0 Å². The number of amides is 1. The van der Waals surface area contributed by atoms with Crippen LogP contribution in [0.2, 0.25) is 0 Å². The van der Waals surface area contributed by atoms with Crippen molar-refractivity contribution in [3.8, 4) is 22.4 Å². The number of aromatic nitrogens is 3. The van der Waals surface area contributed by atoms with Gasteiger partial charge in [-0.2, -0.15) is 5.10 Å². The lowest BCUT2D eigenvalue weighted by molar-refractivity contribution is -0.0117. The van der Waals surface area contributed by atoms with E-state index in [-0.39, 0.29) is 17.3 Å². The normalized spacial score (nSPS) is 13.8. The molecule has 7 heteroatoms. The Balaban J connectivity index is 1.68. The molecule has 3 heterocycles. The van der Waals surface area contributed by atoms with E-state index in [1.165, 1.54) is 12.1 Å². The molecular weight excluding hydrogens is 383 g/mol. The van der Waals surface area contributed by atoms with E-state index in [4.69, 9.17) is 4.74 Å². The summed E-state index contributed by atoms with van der Waals surface area (Å²) >= 11 is 0. The average Bonchev–Trinajstić information content (AvgIpc) is 3.22. The van der Waals surface area contributed by atoms with E-state index in [1.54, 1.807) is 27.9 Å². The average molecular weight is 408 g/mol. The molecule has 1 amide bonds. The summed E-state index contributed by atoms with van der Waals surface area (Å²) in [4.78, 5) is 19.4. The van der Waals surface area contributed by atoms with E-state index in [0.717, 1.165) is 22.4 Å². The van der Waals surface area contributed by atoms with Gasteiger partial charge < -0.3 is 9.64 Å². The number of rotatable bonds is 5. The van der Waals surface area contributed by atoms with E-state index < -0.39 is 0 Å². The zero-order chi connectivity index (χ0) is 21.5. The van der Waals surface area contributed by atoms with Crippen LogP contribution in [0.5, 0.6) is 0 Å². The standard InChI is InChI=1S/C23H25FN4O2/c1-23(2,3)30-12-11-28-14-19-20(22(28)29)17(9-10-25-19)18-13-27(4)26-21(18)15-5-7-16(24)8-6-15/h5-10,13H,11-12,14H2,1-4H3. The highest BCUT2D eigenvalue weighted by atomic mass is 19.1. The number of nitrogens with zero attached hydrogens (tertiary/aromatic N) is 4. The molecule has 0 atom stereocenters. The third kappa shape index (κ3) is 3.98. The van der Waals surface area contributed by atoms with E-state index in [9.17, 15) is 9.18 Å². The van der Waals surface area contributed by atoms with Crippen molar-refractivity contribution < 1.29 is 13.9 Å². The molecule has 0 unspecified atom stereocenters. The predicted molar refractivity (Wildman–Crippen MR) is 112 cm³/mol. The maximum Gasteiger partial charge on any atom is 0.256 e. The quantitative estimate of drug-likeness (QED) is 0.639. The Kier molecular flexibility index (Phi) is 5.15. The van der Waals surface area contributed by atoms with Crippen molar-refractivity contribution in [3.63, 3.8) is 0 Å². The summed E-state index contributed by atoms with van der Waals surface area (Å²) in [7, 11) is 1.83. The van der Waals surface area contributed by atoms with Crippen LogP contribution in [0, 0.1) is 5.82 Å². The van der Waals surface area contributed by atoms with Gasteiger partial charge in [0.15, 0.2) is 0 Å². The van der Waals surface area contributed by atoms with Gasteiger partial charge in [0.05, 0.1) is 30.0 Å². The Morgan fingerprint density at radius 3 is 2.57 bits per heavy atom. The van der Waals surface area contributed by atoms with Crippen molar-refractivity contribution in [1.82, 2.24) is 19.7 Å². The number of hydrogen-bond donors (Lipinski definition) is 0. The molecule has 1 aromatic carbocycles. The van der Waals surface area contributed by atoms with Crippen molar-refractivity contribution in [3.05, 3.63) is 59.8 Å². The number of halogens is 1. The first kappa shape index (κ1) is 20.2. The number of carbonyl (C=O) groups is 1. The fourth-order valence-corrected chi connectivity index (χ4v) is 3.65. The second kappa shape index (κ2) is 7.65. The van der Waals surface area contributed by atoms with Crippen LogP contribution in [0.3, 0.4) is 0 Å². The largest absolute Gasteiger partial charge is 0.374 e. The van der Waals surface area contributed by atoms with Crippen LogP contribution in [0.15, 0.2) is 42.7 Å². The van der Waals surface area contributed by atoms with Crippen LogP contribution >= 0.6 is 0 Å². The lowest BCUT2D eigenvalue weighted by Crippen LogP contribution is -2.31. The first-order valence-corrected chi connectivity index (χ1v) is 9.94. The smallest absolute Gasteiger partial charge is 0.256 e. The molecule has 4 rings (SSSR count). The molecular formula is C23H25FN4O2. The maximum atomic E-state index is 13.4. The van der Waals surface area contributed by atoms with Crippen molar-refractivity contribution in [2.75, 3.05) is 13.2 Å². The molecule has 2 aromatic heterocycles. The maximum absolute atomic E-state index is 13.4. The Bertz CT molecular complexity index is 1080. The highest BCUT2D eigenvalue weighted by Gasteiger charge is 2.32. The van der Waals surface area contributed by atoms with Gasteiger partial charge in [0.25, 0.3) is 5.91 Å². The summed E-state index contributed by atoms with van der Waals surface area (Å²) in [5.74, 6) is -0.358. The molecule has 30 heavy (non-hydrogen) atoms. The fourth-order valence-electron chi connectivity index (χ4n) is 3.65. The van der Waals surface area contributed by atoms with Gasteiger partial charge in [0.2, 0.25) is 0 Å². The number of fused-ring (bicyclic) bond motifs is 1. The third-order valence-electron chi connectivity index (χ3n) is 5.00. The summed E-state index contributed by atoms with van der Waals surface area (Å²) < 4.78 is 20.9. The Hall–Kier alpha value is -3.06. The summed E-state index contributed by atoms with van der Waals surface area (Å²) in [6.45, 7) is 7.41. The number of pyridine rings is 1. The molecule has 0 saturated heterocycles. The van der Waals surface area contributed by atoms with E-state index in [2.05, 4.69) is 10.1 Å². The minimum Gasteiger partial charge on any atom is -0.374 e. The molecule has 1 aliphatic heterocycles. The van der Waals surface area contributed by atoms with Gasteiger partial charge in [0.1, 0.15) is 11.5 Å². The number of aryl methyl sites for hydroxylation is 1. The Morgan fingerprint density at radius 1 is 1.13 bits per heavy atom. The molecule has 0 fully saturated rings. The van der Waals surface area contributed by atoms with Crippen molar-refractivity contribution in [2.24, 2.45) is 7.05 Å². The summed E-state index contributed by atoms with van der Waals surface area (Å²) in [5, 5.41) is 4.56. The van der Waals surface area contributed by atoms with Crippen LogP contribution in [0.4, 0.5) is 4.39 Å². The topological polar surface area (TPSA) is 60.2 Å². The fraction of sp³-hybridized carbons (Fsp3) is 0.348. The van der Waals surface area contributed by atoms with Gasteiger partial charge in [-0.05, 0) is 51.1 Å². The van der Waals surface area contributed by atoms with Gasteiger partial charge in [-0.3, -0.25) is 14.5 Å². The number of carbonyl (C=O) groups excluding carboxylic acids is 1. The van der Waals surface area contributed by atoms with Crippen LogP contribution in [0.1, 0.15) is 36.8 Å². The molecule has 6 nitrogen and oxygen atoms in total. The monoisotopic (exact) mass is 408 g/mol. The van der Waals surface area contributed by atoms with Crippen LogP contribution in [-0.4, -0.2) is 44.3 Å². The van der Waals surface area contributed by atoms with Crippen molar-refractivity contribution in [1.29, 1.82) is 0 Å². The number of benzene rings is 1. The Labute approximate surface area is 175 Å². The minimum atomic E-state index is -0.302. The first-order chi connectivity index (χ1) is 14.2. The third-order valence-corrected chi connectivity index (χ3v) is 5.00. The summed E-state index contributed by atoms with van der Waals surface area (Å²) in [6, 6.07) is 8.05.